The molecule has 0 bridgehead atoms. The lowest BCUT2D eigenvalue weighted by Crippen LogP contribution is -2.13. The zero-order valence-corrected chi connectivity index (χ0v) is 13.3. The maximum atomic E-state index is 5.35. The Morgan fingerprint density at radius 3 is 2.65 bits per heavy atom. The number of hydrogen-bond acceptors (Lipinski definition) is 1. The van der Waals surface area contributed by atoms with Crippen molar-refractivity contribution < 1.29 is 4.74 Å². The van der Waals surface area contributed by atoms with Crippen molar-refractivity contribution in [2.24, 2.45) is 5.92 Å². The monoisotopic (exact) mass is 274 g/mol. The van der Waals surface area contributed by atoms with Crippen LogP contribution in [0.5, 0.6) is 0 Å². The highest BCUT2D eigenvalue weighted by molar-refractivity contribution is 5.43. The highest BCUT2D eigenvalue weighted by Gasteiger charge is 2.22. The van der Waals surface area contributed by atoms with Gasteiger partial charge >= 0.3 is 0 Å². The summed E-state index contributed by atoms with van der Waals surface area (Å²) in [5.41, 5.74) is 4.58. The molecule has 0 atom stereocenters. The summed E-state index contributed by atoms with van der Waals surface area (Å²) in [5.74, 6) is 0.776. The number of ether oxygens (including phenoxy) is 1. The van der Waals surface area contributed by atoms with Crippen LogP contribution in [-0.4, -0.2) is 7.11 Å². The average molecular weight is 274 g/mol. The van der Waals surface area contributed by atoms with Crippen molar-refractivity contribution in [3.63, 3.8) is 0 Å². The maximum absolute atomic E-state index is 5.35. The second-order valence-electron chi connectivity index (χ2n) is 6.29. The third-order valence-electron chi connectivity index (χ3n) is 4.69. The van der Waals surface area contributed by atoms with E-state index < -0.39 is 0 Å². The fourth-order valence-corrected chi connectivity index (χ4v) is 3.56. The van der Waals surface area contributed by atoms with E-state index in [4.69, 9.17) is 4.74 Å². The first kappa shape index (κ1) is 15.4. The Hall–Kier alpha value is -0.980. The molecule has 0 spiro atoms. The van der Waals surface area contributed by atoms with Crippen LogP contribution >= 0.6 is 0 Å². The molecular formula is C19H30O. The van der Waals surface area contributed by atoms with Gasteiger partial charge in [0.2, 0.25) is 0 Å². The van der Waals surface area contributed by atoms with E-state index in [2.05, 4.69) is 19.1 Å². The Morgan fingerprint density at radius 2 is 1.95 bits per heavy atom. The zero-order chi connectivity index (χ0) is 14.2. The van der Waals surface area contributed by atoms with Crippen LogP contribution < -0.4 is 0 Å². The molecule has 2 aliphatic carbocycles. The molecule has 0 unspecified atom stereocenters. The van der Waals surface area contributed by atoms with E-state index in [1.165, 1.54) is 63.4 Å². The van der Waals surface area contributed by atoms with Gasteiger partial charge in [-0.1, -0.05) is 56.8 Å². The molecule has 112 valence electrons. The van der Waals surface area contributed by atoms with Gasteiger partial charge in [0.05, 0.1) is 13.4 Å². The van der Waals surface area contributed by atoms with Crippen molar-refractivity contribution in [3.05, 3.63) is 35.1 Å². The van der Waals surface area contributed by atoms with Gasteiger partial charge in [0.25, 0.3) is 0 Å². The number of allylic oxidation sites excluding steroid dienone is 5. The summed E-state index contributed by atoms with van der Waals surface area (Å²) in [6, 6.07) is 0. The number of methoxy groups -OCH3 is 1. The predicted octanol–water partition coefficient (Wildman–Crippen LogP) is 5.93. The number of unbranched alkanes of at least 4 members (excludes halogenated alkanes) is 2. The molecule has 2 aliphatic rings. The van der Waals surface area contributed by atoms with Gasteiger partial charge in [-0.2, -0.15) is 0 Å². The van der Waals surface area contributed by atoms with E-state index in [-0.39, 0.29) is 0 Å². The van der Waals surface area contributed by atoms with E-state index in [0.717, 1.165) is 12.3 Å². The van der Waals surface area contributed by atoms with Crippen LogP contribution in [0.15, 0.2) is 35.1 Å². The Labute approximate surface area is 124 Å². The third-order valence-corrected chi connectivity index (χ3v) is 4.69. The minimum Gasteiger partial charge on any atom is -0.504 e. The third kappa shape index (κ3) is 4.26. The van der Waals surface area contributed by atoms with Gasteiger partial charge in [0.1, 0.15) is 0 Å². The fraction of sp³-hybridized carbons (Fsp3) is 0.684. The molecule has 0 aliphatic heterocycles. The topological polar surface area (TPSA) is 9.23 Å². The molecular weight excluding hydrogens is 244 g/mol. The van der Waals surface area contributed by atoms with Gasteiger partial charge < -0.3 is 4.74 Å². The molecule has 0 saturated heterocycles. The average Bonchev–Trinajstić information content (AvgIpc) is 2.49. The lowest BCUT2D eigenvalue weighted by atomic mass is 9.77. The van der Waals surface area contributed by atoms with Crippen LogP contribution in [0.1, 0.15) is 71.1 Å². The summed E-state index contributed by atoms with van der Waals surface area (Å²) in [6.07, 6.45) is 20.1. The highest BCUT2D eigenvalue weighted by atomic mass is 16.5. The normalized spacial score (nSPS) is 22.6. The van der Waals surface area contributed by atoms with Crippen LogP contribution in [0.25, 0.3) is 0 Å². The molecule has 0 aromatic carbocycles. The molecule has 0 amide bonds. The summed E-state index contributed by atoms with van der Waals surface area (Å²) >= 11 is 0. The van der Waals surface area contributed by atoms with Crippen molar-refractivity contribution in [3.8, 4) is 0 Å². The number of rotatable bonds is 6. The van der Waals surface area contributed by atoms with Crippen LogP contribution in [-0.2, 0) is 4.74 Å². The fourth-order valence-electron chi connectivity index (χ4n) is 3.56. The second kappa shape index (κ2) is 8.34. The first-order chi connectivity index (χ1) is 9.85. The van der Waals surface area contributed by atoms with Gasteiger partial charge in [-0.05, 0) is 49.2 Å². The summed E-state index contributed by atoms with van der Waals surface area (Å²) in [4.78, 5) is 0. The van der Waals surface area contributed by atoms with E-state index in [1.807, 2.05) is 6.26 Å². The minimum absolute atomic E-state index is 0.776. The summed E-state index contributed by atoms with van der Waals surface area (Å²) in [5, 5.41) is 0. The van der Waals surface area contributed by atoms with Crippen molar-refractivity contribution in [1.29, 1.82) is 0 Å². The molecule has 1 saturated carbocycles. The van der Waals surface area contributed by atoms with E-state index in [9.17, 15) is 0 Å². The molecule has 0 heterocycles. The van der Waals surface area contributed by atoms with E-state index in [0.29, 0.717) is 0 Å². The molecule has 0 N–H and O–H groups in total. The maximum Gasteiger partial charge on any atom is 0.0862 e. The van der Waals surface area contributed by atoms with Gasteiger partial charge in [-0.25, -0.2) is 0 Å². The SMILES string of the molecule is CCCCCC1=CC=C(C2CCCCC2)C(=COC)C1. The summed E-state index contributed by atoms with van der Waals surface area (Å²) in [7, 11) is 1.78. The first-order valence-electron chi connectivity index (χ1n) is 8.47. The summed E-state index contributed by atoms with van der Waals surface area (Å²) in [6.45, 7) is 2.27. The smallest absolute Gasteiger partial charge is 0.0862 e. The number of hydrogen-bond donors (Lipinski definition) is 0. The quantitative estimate of drug-likeness (QED) is 0.430. The molecule has 1 heteroatoms. The Kier molecular flexibility index (Phi) is 6.42. The molecule has 20 heavy (non-hydrogen) atoms. The molecule has 0 aromatic rings. The van der Waals surface area contributed by atoms with Gasteiger partial charge in [-0.15, -0.1) is 0 Å². The first-order valence-corrected chi connectivity index (χ1v) is 8.47. The van der Waals surface area contributed by atoms with Gasteiger partial charge in [0, 0.05) is 0 Å². The Balaban J connectivity index is 2.05. The van der Waals surface area contributed by atoms with E-state index in [1.54, 1.807) is 18.3 Å². The Morgan fingerprint density at radius 1 is 1.15 bits per heavy atom. The van der Waals surface area contributed by atoms with Crippen molar-refractivity contribution in [2.75, 3.05) is 7.11 Å². The molecule has 0 radical (unpaired) electrons. The minimum atomic E-state index is 0.776. The van der Waals surface area contributed by atoms with Crippen LogP contribution in [0.2, 0.25) is 0 Å². The molecule has 1 nitrogen and oxygen atoms in total. The summed E-state index contributed by atoms with van der Waals surface area (Å²) < 4.78 is 5.35. The lowest BCUT2D eigenvalue weighted by Gasteiger charge is -2.28. The van der Waals surface area contributed by atoms with Crippen molar-refractivity contribution in [1.82, 2.24) is 0 Å². The predicted molar refractivity (Wildman–Crippen MR) is 86.6 cm³/mol. The van der Waals surface area contributed by atoms with Crippen LogP contribution in [0.4, 0.5) is 0 Å². The Bertz CT molecular complexity index is 381. The highest BCUT2D eigenvalue weighted by Crippen LogP contribution is 2.38. The zero-order valence-electron chi connectivity index (χ0n) is 13.3. The lowest BCUT2D eigenvalue weighted by molar-refractivity contribution is 0.330. The largest absolute Gasteiger partial charge is 0.504 e. The van der Waals surface area contributed by atoms with Crippen LogP contribution in [0, 0.1) is 5.92 Å². The standard InChI is InChI=1S/C19H30O/c1-3-4-6-9-16-12-13-19(18(14-16)15-20-2)17-10-7-5-8-11-17/h12-13,15,17H,3-11,14H2,1-2H3. The second-order valence-corrected chi connectivity index (χ2v) is 6.29. The molecule has 1 fully saturated rings. The van der Waals surface area contributed by atoms with Crippen LogP contribution in [0.3, 0.4) is 0 Å². The van der Waals surface area contributed by atoms with Gasteiger partial charge in [-0.3, -0.25) is 0 Å². The van der Waals surface area contributed by atoms with Crippen molar-refractivity contribution in [2.45, 2.75) is 71.1 Å². The van der Waals surface area contributed by atoms with Gasteiger partial charge in [0.15, 0.2) is 0 Å². The van der Waals surface area contributed by atoms with E-state index >= 15 is 0 Å². The molecule has 2 rings (SSSR count). The van der Waals surface area contributed by atoms with Crippen molar-refractivity contribution >= 4 is 0 Å². The molecule has 0 aromatic heterocycles.